The Balaban J connectivity index is 2.30. The smallest absolute Gasteiger partial charge is 0.204 e. The minimum absolute atomic E-state index is 0.250. The van der Waals surface area contributed by atoms with E-state index in [2.05, 4.69) is 0 Å². The van der Waals surface area contributed by atoms with Gasteiger partial charge in [0.15, 0.2) is 17.4 Å². The first-order valence-corrected chi connectivity index (χ1v) is 4.51. The molecule has 0 aliphatic heterocycles. The molecule has 0 saturated heterocycles. The van der Waals surface area contributed by atoms with Crippen LogP contribution in [0.25, 0.3) is 0 Å². The lowest BCUT2D eigenvalue weighted by atomic mass is 9.96. The number of hydrogen-bond donors (Lipinski definition) is 0. The van der Waals surface area contributed by atoms with Crippen molar-refractivity contribution in [3.05, 3.63) is 29.3 Å². The molecule has 0 bridgehead atoms. The molecular weight excluding hydrogens is 212 g/mol. The molecule has 0 spiro atoms. The van der Waals surface area contributed by atoms with E-state index in [9.17, 15) is 17.6 Å². The highest BCUT2D eigenvalue weighted by Gasteiger charge is 2.25. The third-order valence-corrected chi connectivity index (χ3v) is 2.34. The molecule has 1 aliphatic carbocycles. The van der Waals surface area contributed by atoms with Crippen molar-refractivity contribution in [1.82, 2.24) is 0 Å². The largest absolute Gasteiger partial charge is 0.486 e. The Morgan fingerprint density at radius 3 is 2.20 bits per heavy atom. The molecule has 0 atom stereocenters. The molecule has 1 radical (unpaired) electrons. The van der Waals surface area contributed by atoms with E-state index in [0.29, 0.717) is 12.8 Å². The molecule has 5 heteroatoms. The van der Waals surface area contributed by atoms with E-state index in [1.807, 2.05) is 0 Å². The predicted octanol–water partition coefficient (Wildman–Crippen LogP) is 2.97. The van der Waals surface area contributed by atoms with Gasteiger partial charge in [-0.2, -0.15) is 4.39 Å². The molecule has 1 aromatic carbocycles. The first-order valence-electron chi connectivity index (χ1n) is 4.51. The molecular formula is C10H7F4O. The van der Waals surface area contributed by atoms with Crippen molar-refractivity contribution in [1.29, 1.82) is 0 Å². The summed E-state index contributed by atoms with van der Waals surface area (Å²) in [6.45, 7) is 0. The maximum atomic E-state index is 13.0. The summed E-state index contributed by atoms with van der Waals surface area (Å²) in [4.78, 5) is 0. The van der Waals surface area contributed by atoms with E-state index in [4.69, 9.17) is 4.74 Å². The summed E-state index contributed by atoms with van der Waals surface area (Å²) in [7, 11) is 0. The molecule has 1 saturated carbocycles. The van der Waals surface area contributed by atoms with E-state index < -0.39 is 29.0 Å². The molecule has 15 heavy (non-hydrogen) atoms. The molecule has 0 unspecified atom stereocenters. The fourth-order valence-electron chi connectivity index (χ4n) is 1.24. The van der Waals surface area contributed by atoms with E-state index in [1.165, 1.54) is 0 Å². The summed E-state index contributed by atoms with van der Waals surface area (Å²) in [5.41, 5.74) is 0. The molecule has 0 aromatic heterocycles. The molecule has 2 rings (SSSR count). The van der Waals surface area contributed by atoms with Crippen LogP contribution >= 0.6 is 0 Å². The number of ether oxygens (including phenoxy) is 1. The Morgan fingerprint density at radius 2 is 1.67 bits per heavy atom. The number of hydrogen-bond acceptors (Lipinski definition) is 1. The van der Waals surface area contributed by atoms with Gasteiger partial charge in [-0.15, -0.1) is 0 Å². The highest BCUT2D eigenvalue weighted by Crippen LogP contribution is 2.29. The van der Waals surface area contributed by atoms with Crippen molar-refractivity contribution in [3.63, 3.8) is 0 Å². The van der Waals surface area contributed by atoms with Gasteiger partial charge in [-0.05, 0) is 19.3 Å². The zero-order chi connectivity index (χ0) is 11.0. The summed E-state index contributed by atoms with van der Waals surface area (Å²) in [6, 6.07) is 1.70. The van der Waals surface area contributed by atoms with Crippen LogP contribution in [0.1, 0.15) is 19.3 Å². The first kappa shape index (κ1) is 10.3. The molecule has 81 valence electrons. The zero-order valence-corrected chi connectivity index (χ0v) is 7.62. The highest BCUT2D eigenvalue weighted by molar-refractivity contribution is 5.26. The van der Waals surface area contributed by atoms with Crippen LogP contribution in [0.5, 0.6) is 5.75 Å². The topological polar surface area (TPSA) is 9.23 Å². The summed E-state index contributed by atoms with van der Waals surface area (Å²) in [6.07, 6.45) is 2.08. The molecule has 0 N–H and O–H groups in total. The third kappa shape index (κ3) is 1.78. The lowest BCUT2D eigenvalue weighted by Crippen LogP contribution is -2.25. The van der Waals surface area contributed by atoms with Crippen LogP contribution in [0.4, 0.5) is 17.6 Å². The van der Waals surface area contributed by atoms with Gasteiger partial charge < -0.3 is 4.74 Å². The minimum atomic E-state index is -1.87. The van der Waals surface area contributed by atoms with E-state index >= 15 is 0 Å². The van der Waals surface area contributed by atoms with Crippen molar-refractivity contribution in [2.24, 2.45) is 0 Å². The average molecular weight is 219 g/mol. The van der Waals surface area contributed by atoms with Gasteiger partial charge in [-0.1, -0.05) is 0 Å². The second-order valence-electron chi connectivity index (χ2n) is 3.38. The summed E-state index contributed by atoms with van der Waals surface area (Å²) < 4.78 is 55.9. The Labute approximate surface area is 83.7 Å². The van der Waals surface area contributed by atoms with Crippen molar-refractivity contribution in [2.45, 2.75) is 25.4 Å². The monoisotopic (exact) mass is 219 g/mol. The molecule has 1 aromatic rings. The lowest BCUT2D eigenvalue weighted by molar-refractivity contribution is 0.112. The van der Waals surface area contributed by atoms with Crippen molar-refractivity contribution in [3.8, 4) is 5.75 Å². The predicted molar refractivity (Wildman–Crippen MR) is 43.4 cm³/mol. The van der Waals surface area contributed by atoms with Gasteiger partial charge in [0.25, 0.3) is 0 Å². The Kier molecular flexibility index (Phi) is 2.54. The zero-order valence-electron chi connectivity index (χ0n) is 7.62. The average Bonchev–Trinajstić information content (AvgIpc) is 2.15. The Bertz CT molecular complexity index is 387. The Morgan fingerprint density at radius 1 is 1.00 bits per heavy atom. The van der Waals surface area contributed by atoms with Crippen LogP contribution < -0.4 is 4.74 Å². The standard InChI is InChI=1S/C10H7F4O/c11-6-4-7(15-5-2-1-3-5)9(13)10(14)8(6)12/h5H,1-3H2. The quantitative estimate of drug-likeness (QED) is 0.422. The maximum Gasteiger partial charge on any atom is 0.204 e. The van der Waals surface area contributed by atoms with Gasteiger partial charge in [0.05, 0.1) is 12.2 Å². The second kappa shape index (κ2) is 3.72. The lowest BCUT2D eigenvalue weighted by Gasteiger charge is -2.26. The van der Waals surface area contributed by atoms with Gasteiger partial charge in [-0.25, -0.2) is 13.2 Å². The molecule has 0 heterocycles. The van der Waals surface area contributed by atoms with Gasteiger partial charge in [0.1, 0.15) is 0 Å². The maximum absolute atomic E-state index is 13.0. The van der Waals surface area contributed by atoms with Gasteiger partial charge in [0.2, 0.25) is 11.6 Å². The van der Waals surface area contributed by atoms with Crippen LogP contribution in [0.2, 0.25) is 0 Å². The van der Waals surface area contributed by atoms with Crippen LogP contribution in [0, 0.1) is 29.3 Å². The number of rotatable bonds is 2. The molecule has 1 nitrogen and oxygen atoms in total. The summed E-state index contributed by atoms with van der Waals surface area (Å²) >= 11 is 0. The van der Waals surface area contributed by atoms with Crippen molar-refractivity contribution < 1.29 is 22.3 Å². The fourth-order valence-corrected chi connectivity index (χ4v) is 1.24. The summed E-state index contributed by atoms with van der Waals surface area (Å²) in [5, 5.41) is 0. The number of benzene rings is 1. The van der Waals surface area contributed by atoms with Crippen molar-refractivity contribution in [2.75, 3.05) is 0 Å². The van der Waals surface area contributed by atoms with Crippen molar-refractivity contribution >= 4 is 0 Å². The third-order valence-electron chi connectivity index (χ3n) is 2.34. The Hall–Kier alpha value is -1.26. The highest BCUT2D eigenvalue weighted by atomic mass is 19.2. The molecule has 0 amide bonds. The van der Waals surface area contributed by atoms with Crippen LogP contribution in [0.3, 0.4) is 0 Å². The van der Waals surface area contributed by atoms with Crippen LogP contribution in [0.15, 0.2) is 0 Å². The first-order chi connectivity index (χ1) is 7.09. The van der Waals surface area contributed by atoms with E-state index in [1.54, 1.807) is 6.07 Å². The SMILES string of the molecule is Fc1[c]c(OC2CCC2)c(F)c(F)c1F. The van der Waals surface area contributed by atoms with Crippen LogP contribution in [-0.2, 0) is 0 Å². The van der Waals surface area contributed by atoms with E-state index in [-0.39, 0.29) is 6.10 Å². The van der Waals surface area contributed by atoms with Gasteiger partial charge in [0, 0.05) is 0 Å². The van der Waals surface area contributed by atoms with Gasteiger partial charge in [-0.3, -0.25) is 0 Å². The van der Waals surface area contributed by atoms with E-state index in [0.717, 1.165) is 6.42 Å². The van der Waals surface area contributed by atoms with Gasteiger partial charge >= 0.3 is 0 Å². The minimum Gasteiger partial charge on any atom is -0.486 e. The second-order valence-corrected chi connectivity index (χ2v) is 3.38. The molecule has 1 aliphatic rings. The number of halogens is 4. The normalized spacial score (nSPS) is 16.3. The molecule has 1 fully saturated rings. The summed E-state index contributed by atoms with van der Waals surface area (Å²) in [5.74, 6) is -7.51. The fraction of sp³-hybridized carbons (Fsp3) is 0.400. The van der Waals surface area contributed by atoms with Crippen LogP contribution in [-0.4, -0.2) is 6.10 Å².